The first kappa shape index (κ1) is 17.1. The number of rotatable bonds is 10. The highest BCUT2D eigenvalue weighted by atomic mass is 32.2. The first-order chi connectivity index (χ1) is 8.56. The van der Waals surface area contributed by atoms with Gasteiger partial charge < -0.3 is 20.5 Å². The molecule has 0 aliphatic heterocycles. The minimum Gasteiger partial charge on any atom is -0.481 e. The van der Waals surface area contributed by atoms with E-state index in [0.29, 0.717) is 13.2 Å². The van der Waals surface area contributed by atoms with Gasteiger partial charge in [-0.25, -0.2) is 4.79 Å². The second-order valence-electron chi connectivity index (χ2n) is 3.72. The molecule has 0 aromatic rings. The molecule has 0 fully saturated rings. The molecule has 7 heteroatoms. The van der Waals surface area contributed by atoms with Crippen LogP contribution < -0.4 is 10.6 Å². The topological polar surface area (TPSA) is 87.7 Å². The van der Waals surface area contributed by atoms with Crippen molar-refractivity contribution < 1.29 is 19.4 Å². The molecule has 0 saturated heterocycles. The Morgan fingerprint density at radius 3 is 2.72 bits per heavy atom. The standard InChI is InChI=1S/C11H22N2O4S/c1-3-18-8-9(2)13-11(16)12-5-7-17-6-4-10(14)15/h9H,3-8H2,1-2H3,(H,14,15)(H2,12,13,16). The highest BCUT2D eigenvalue weighted by Crippen LogP contribution is 2.00. The van der Waals surface area contributed by atoms with Crippen molar-refractivity contribution in [1.29, 1.82) is 0 Å². The zero-order chi connectivity index (χ0) is 13.8. The van der Waals surface area contributed by atoms with Crippen molar-refractivity contribution in [1.82, 2.24) is 10.6 Å². The van der Waals surface area contributed by atoms with Crippen LogP contribution in [0.25, 0.3) is 0 Å². The van der Waals surface area contributed by atoms with Crippen molar-refractivity contribution in [3.63, 3.8) is 0 Å². The summed E-state index contributed by atoms with van der Waals surface area (Å²) in [5, 5.41) is 13.8. The maximum atomic E-state index is 11.4. The number of carboxylic acids is 1. The number of carbonyl (C=O) groups is 2. The molecule has 0 aliphatic carbocycles. The van der Waals surface area contributed by atoms with Crippen molar-refractivity contribution in [2.24, 2.45) is 0 Å². The van der Waals surface area contributed by atoms with Crippen molar-refractivity contribution in [3.8, 4) is 0 Å². The molecule has 1 atom stereocenters. The van der Waals surface area contributed by atoms with E-state index in [4.69, 9.17) is 9.84 Å². The van der Waals surface area contributed by atoms with Gasteiger partial charge in [0.15, 0.2) is 0 Å². The van der Waals surface area contributed by atoms with Crippen molar-refractivity contribution in [3.05, 3.63) is 0 Å². The molecular weight excluding hydrogens is 256 g/mol. The number of hydrogen-bond donors (Lipinski definition) is 3. The Balaban J connectivity index is 3.39. The molecule has 0 aliphatic rings. The van der Waals surface area contributed by atoms with Gasteiger partial charge in [0.1, 0.15) is 0 Å². The van der Waals surface area contributed by atoms with E-state index in [-0.39, 0.29) is 25.1 Å². The zero-order valence-electron chi connectivity index (χ0n) is 10.9. The van der Waals surface area contributed by atoms with Crippen molar-refractivity contribution >= 4 is 23.8 Å². The number of aliphatic carboxylic acids is 1. The Labute approximate surface area is 112 Å². The zero-order valence-corrected chi connectivity index (χ0v) is 11.7. The molecule has 106 valence electrons. The molecule has 0 spiro atoms. The highest BCUT2D eigenvalue weighted by molar-refractivity contribution is 7.99. The lowest BCUT2D eigenvalue weighted by Crippen LogP contribution is -2.42. The molecule has 0 saturated carbocycles. The molecule has 0 aromatic heterocycles. The summed E-state index contributed by atoms with van der Waals surface area (Å²) in [7, 11) is 0. The largest absolute Gasteiger partial charge is 0.481 e. The monoisotopic (exact) mass is 278 g/mol. The van der Waals surface area contributed by atoms with Crippen LogP contribution in [-0.2, 0) is 9.53 Å². The average molecular weight is 278 g/mol. The van der Waals surface area contributed by atoms with Gasteiger partial charge in [-0.3, -0.25) is 4.79 Å². The van der Waals surface area contributed by atoms with Gasteiger partial charge in [0.2, 0.25) is 0 Å². The van der Waals surface area contributed by atoms with Gasteiger partial charge in [0.05, 0.1) is 19.6 Å². The molecule has 0 heterocycles. The van der Waals surface area contributed by atoms with Crippen LogP contribution in [0.3, 0.4) is 0 Å². The molecule has 3 N–H and O–H groups in total. The second kappa shape index (κ2) is 11.2. The molecule has 18 heavy (non-hydrogen) atoms. The average Bonchev–Trinajstić information content (AvgIpc) is 2.30. The van der Waals surface area contributed by atoms with E-state index < -0.39 is 5.97 Å². The Morgan fingerprint density at radius 1 is 1.39 bits per heavy atom. The van der Waals surface area contributed by atoms with E-state index in [1.54, 1.807) is 11.8 Å². The van der Waals surface area contributed by atoms with Crippen LogP contribution in [0.1, 0.15) is 20.3 Å². The lowest BCUT2D eigenvalue weighted by atomic mass is 10.4. The van der Waals surface area contributed by atoms with E-state index in [1.165, 1.54) is 0 Å². The summed E-state index contributed by atoms with van der Waals surface area (Å²) in [6.45, 7) is 4.89. The van der Waals surface area contributed by atoms with Crippen LogP contribution >= 0.6 is 11.8 Å². The molecule has 0 rings (SSSR count). The molecule has 0 aromatic carbocycles. The molecule has 0 radical (unpaired) electrons. The number of hydrogen-bond acceptors (Lipinski definition) is 4. The van der Waals surface area contributed by atoms with Crippen LogP contribution in [0.15, 0.2) is 0 Å². The molecule has 6 nitrogen and oxygen atoms in total. The summed E-state index contributed by atoms with van der Waals surface area (Å²) in [5.74, 6) is 1.03. The number of nitrogens with one attached hydrogen (secondary N) is 2. The Morgan fingerprint density at radius 2 is 2.11 bits per heavy atom. The fourth-order valence-corrected chi connectivity index (χ4v) is 1.78. The summed E-state index contributed by atoms with van der Waals surface area (Å²) in [5.41, 5.74) is 0. The third kappa shape index (κ3) is 11.5. The van der Waals surface area contributed by atoms with Crippen molar-refractivity contribution in [2.75, 3.05) is 31.3 Å². The molecule has 0 bridgehead atoms. The lowest BCUT2D eigenvalue weighted by molar-refractivity contribution is -0.138. The number of urea groups is 1. The number of carboxylic acid groups (broad SMARTS) is 1. The quantitative estimate of drug-likeness (QED) is 0.517. The van der Waals surface area contributed by atoms with E-state index in [1.807, 2.05) is 6.92 Å². The first-order valence-electron chi connectivity index (χ1n) is 5.98. The van der Waals surface area contributed by atoms with Gasteiger partial charge in [0, 0.05) is 18.3 Å². The van der Waals surface area contributed by atoms with Crippen LogP contribution in [0.2, 0.25) is 0 Å². The van der Waals surface area contributed by atoms with Gasteiger partial charge >= 0.3 is 12.0 Å². The van der Waals surface area contributed by atoms with Gasteiger partial charge in [-0.05, 0) is 12.7 Å². The van der Waals surface area contributed by atoms with Gasteiger partial charge in [-0.1, -0.05) is 6.92 Å². The third-order valence-electron chi connectivity index (χ3n) is 1.94. The van der Waals surface area contributed by atoms with Gasteiger partial charge in [0.25, 0.3) is 0 Å². The molecule has 1 unspecified atom stereocenters. The van der Waals surface area contributed by atoms with Crippen LogP contribution in [0.4, 0.5) is 4.79 Å². The maximum Gasteiger partial charge on any atom is 0.315 e. The number of ether oxygens (including phenoxy) is 1. The predicted molar refractivity (Wildman–Crippen MR) is 72.1 cm³/mol. The summed E-state index contributed by atoms with van der Waals surface area (Å²) in [6, 6.07) is -0.0936. The smallest absolute Gasteiger partial charge is 0.315 e. The van der Waals surface area contributed by atoms with E-state index in [2.05, 4.69) is 17.6 Å². The summed E-state index contributed by atoms with van der Waals surface area (Å²) < 4.78 is 5.04. The Hall–Kier alpha value is -0.950. The van der Waals surface area contributed by atoms with Crippen molar-refractivity contribution in [2.45, 2.75) is 26.3 Å². The summed E-state index contributed by atoms with van der Waals surface area (Å²) in [4.78, 5) is 21.6. The molecule has 2 amide bonds. The number of carbonyl (C=O) groups excluding carboxylic acids is 1. The lowest BCUT2D eigenvalue weighted by Gasteiger charge is -2.13. The van der Waals surface area contributed by atoms with Crippen LogP contribution in [0.5, 0.6) is 0 Å². The van der Waals surface area contributed by atoms with E-state index >= 15 is 0 Å². The maximum absolute atomic E-state index is 11.4. The Bertz CT molecular complexity index is 251. The number of thioether (sulfide) groups is 1. The SMILES string of the molecule is CCSCC(C)NC(=O)NCCOCCC(=O)O. The van der Waals surface area contributed by atoms with Gasteiger partial charge in [-0.2, -0.15) is 11.8 Å². The first-order valence-corrected chi connectivity index (χ1v) is 7.13. The second-order valence-corrected chi connectivity index (χ2v) is 5.04. The van der Waals surface area contributed by atoms with Crippen LogP contribution in [-0.4, -0.2) is 54.4 Å². The van der Waals surface area contributed by atoms with E-state index in [0.717, 1.165) is 11.5 Å². The fourth-order valence-electron chi connectivity index (χ4n) is 1.11. The minimum absolute atomic E-state index is 0.0164. The van der Waals surface area contributed by atoms with E-state index in [9.17, 15) is 9.59 Å². The van der Waals surface area contributed by atoms with Gasteiger partial charge in [-0.15, -0.1) is 0 Å². The Kier molecular flexibility index (Phi) is 10.6. The fraction of sp³-hybridized carbons (Fsp3) is 0.818. The summed E-state index contributed by atoms with van der Waals surface area (Å²) in [6.07, 6.45) is -0.0164. The van der Waals surface area contributed by atoms with Crippen LogP contribution in [0, 0.1) is 0 Å². The third-order valence-corrected chi connectivity index (χ3v) is 3.09. The minimum atomic E-state index is -0.886. The normalized spacial score (nSPS) is 11.9. The summed E-state index contributed by atoms with van der Waals surface area (Å²) >= 11 is 1.77. The predicted octanol–water partition coefficient (Wildman–Crippen LogP) is 0.918. The highest BCUT2D eigenvalue weighted by Gasteiger charge is 2.05. The number of amides is 2. The molecular formula is C11H22N2O4S.